The molecule has 0 saturated carbocycles. The van der Waals surface area contributed by atoms with Crippen LogP contribution in [0.25, 0.3) is 0 Å². The standard InChI is InChI=1S/C23H29N3O3/c1-17(27)24-20-10-6-7-18(13-20)14-23(29)25(2)22(19-8-4-3-5-9-19)16-26-12-11-21(28)15-26/h3-10,13,21-22,28H,11-12,14-16H2,1-2H3,(H,24,27)/t21?,22-/m1/s1. The van der Waals surface area contributed by atoms with Crippen molar-refractivity contribution in [2.24, 2.45) is 0 Å². The van der Waals surface area contributed by atoms with E-state index in [-0.39, 0.29) is 30.4 Å². The van der Waals surface area contributed by atoms with Crippen LogP contribution in [0.4, 0.5) is 5.69 Å². The fraction of sp³-hybridized carbons (Fsp3) is 0.391. The number of anilines is 1. The van der Waals surface area contributed by atoms with Crippen LogP contribution >= 0.6 is 0 Å². The molecule has 2 atom stereocenters. The van der Waals surface area contributed by atoms with Gasteiger partial charge in [-0.3, -0.25) is 14.5 Å². The number of carbonyl (C=O) groups is 2. The largest absolute Gasteiger partial charge is 0.392 e. The first-order valence-electron chi connectivity index (χ1n) is 10.00. The third-order valence-electron chi connectivity index (χ3n) is 5.33. The Balaban J connectivity index is 1.73. The van der Waals surface area contributed by atoms with Gasteiger partial charge in [-0.05, 0) is 29.7 Å². The molecule has 0 radical (unpaired) electrons. The van der Waals surface area contributed by atoms with E-state index in [0.29, 0.717) is 18.8 Å². The molecule has 0 aromatic heterocycles. The Morgan fingerprint density at radius 1 is 1.21 bits per heavy atom. The van der Waals surface area contributed by atoms with Gasteiger partial charge in [-0.1, -0.05) is 42.5 Å². The van der Waals surface area contributed by atoms with Crippen LogP contribution in [0, 0.1) is 0 Å². The summed E-state index contributed by atoms with van der Waals surface area (Å²) in [5, 5.41) is 12.6. The maximum atomic E-state index is 13.1. The molecule has 1 fully saturated rings. The number of aliphatic hydroxyl groups is 1. The molecule has 1 heterocycles. The van der Waals surface area contributed by atoms with Crippen molar-refractivity contribution in [3.8, 4) is 0 Å². The molecule has 1 aliphatic heterocycles. The minimum absolute atomic E-state index is 0.0126. The van der Waals surface area contributed by atoms with Crippen LogP contribution in [0.5, 0.6) is 0 Å². The van der Waals surface area contributed by atoms with Crippen molar-refractivity contribution in [1.29, 1.82) is 0 Å². The molecule has 6 heteroatoms. The summed E-state index contributed by atoms with van der Waals surface area (Å²) in [6.45, 7) is 3.63. The van der Waals surface area contributed by atoms with Crippen molar-refractivity contribution in [3.05, 3.63) is 65.7 Å². The average molecular weight is 396 g/mol. The van der Waals surface area contributed by atoms with E-state index in [2.05, 4.69) is 10.2 Å². The van der Waals surface area contributed by atoms with Crippen LogP contribution in [0.15, 0.2) is 54.6 Å². The van der Waals surface area contributed by atoms with Gasteiger partial charge in [0, 0.05) is 39.3 Å². The quantitative estimate of drug-likeness (QED) is 0.755. The molecular weight excluding hydrogens is 366 g/mol. The zero-order valence-electron chi connectivity index (χ0n) is 17.0. The van der Waals surface area contributed by atoms with Gasteiger partial charge in [-0.15, -0.1) is 0 Å². The summed E-state index contributed by atoms with van der Waals surface area (Å²) >= 11 is 0. The van der Waals surface area contributed by atoms with Crippen LogP contribution in [0.3, 0.4) is 0 Å². The third-order valence-corrected chi connectivity index (χ3v) is 5.33. The average Bonchev–Trinajstić information content (AvgIpc) is 3.11. The van der Waals surface area contributed by atoms with Crippen molar-refractivity contribution in [3.63, 3.8) is 0 Å². The highest BCUT2D eigenvalue weighted by Gasteiger charge is 2.28. The van der Waals surface area contributed by atoms with Crippen LogP contribution in [-0.4, -0.2) is 59.5 Å². The lowest BCUT2D eigenvalue weighted by Crippen LogP contribution is -2.39. The maximum Gasteiger partial charge on any atom is 0.227 e. The number of carbonyl (C=O) groups excluding carboxylic acids is 2. The summed E-state index contributed by atoms with van der Waals surface area (Å²) in [4.78, 5) is 28.4. The number of nitrogens with zero attached hydrogens (tertiary/aromatic N) is 2. The van der Waals surface area contributed by atoms with Crippen molar-refractivity contribution in [2.75, 3.05) is 32.0 Å². The molecular formula is C23H29N3O3. The van der Waals surface area contributed by atoms with E-state index in [1.165, 1.54) is 6.92 Å². The van der Waals surface area contributed by atoms with Gasteiger partial charge in [0.1, 0.15) is 0 Å². The monoisotopic (exact) mass is 395 g/mol. The Bertz CT molecular complexity index is 840. The Morgan fingerprint density at radius 2 is 1.97 bits per heavy atom. The van der Waals surface area contributed by atoms with Gasteiger partial charge in [-0.25, -0.2) is 0 Å². The normalized spacial score (nSPS) is 17.7. The van der Waals surface area contributed by atoms with E-state index >= 15 is 0 Å². The minimum atomic E-state index is -0.288. The topological polar surface area (TPSA) is 72.9 Å². The van der Waals surface area contributed by atoms with Gasteiger partial charge < -0.3 is 15.3 Å². The number of benzene rings is 2. The van der Waals surface area contributed by atoms with Crippen LogP contribution < -0.4 is 5.32 Å². The summed E-state index contributed by atoms with van der Waals surface area (Å²) in [5.74, 6) is -0.124. The molecule has 2 aromatic carbocycles. The molecule has 29 heavy (non-hydrogen) atoms. The number of amides is 2. The van der Waals surface area contributed by atoms with Crippen molar-refractivity contribution >= 4 is 17.5 Å². The number of likely N-dealkylation sites (N-methyl/N-ethyl adjacent to an activating group) is 1. The maximum absolute atomic E-state index is 13.1. The van der Waals surface area contributed by atoms with E-state index in [9.17, 15) is 14.7 Å². The van der Waals surface area contributed by atoms with Crippen LogP contribution in [0.2, 0.25) is 0 Å². The fourth-order valence-electron chi connectivity index (χ4n) is 3.78. The molecule has 2 aromatic rings. The fourth-order valence-corrected chi connectivity index (χ4v) is 3.78. The van der Waals surface area contributed by atoms with Gasteiger partial charge in [0.05, 0.1) is 18.6 Å². The van der Waals surface area contributed by atoms with E-state index in [1.807, 2.05) is 61.6 Å². The zero-order chi connectivity index (χ0) is 20.8. The van der Waals surface area contributed by atoms with E-state index in [4.69, 9.17) is 0 Å². The summed E-state index contributed by atoms with van der Waals surface area (Å²) in [7, 11) is 1.84. The molecule has 6 nitrogen and oxygen atoms in total. The number of rotatable bonds is 7. The molecule has 2 amide bonds. The predicted molar refractivity (Wildman–Crippen MR) is 113 cm³/mol. The number of β-amino-alcohol motifs (C(OH)–C–C–N with tert-alkyl or cyclic N) is 1. The molecule has 1 aliphatic rings. The van der Waals surface area contributed by atoms with Gasteiger partial charge in [0.2, 0.25) is 11.8 Å². The lowest BCUT2D eigenvalue weighted by atomic mass is 10.0. The van der Waals surface area contributed by atoms with Gasteiger partial charge in [-0.2, -0.15) is 0 Å². The molecule has 0 aliphatic carbocycles. The third kappa shape index (κ3) is 5.89. The first-order chi connectivity index (χ1) is 13.9. The molecule has 1 saturated heterocycles. The molecule has 1 unspecified atom stereocenters. The minimum Gasteiger partial charge on any atom is -0.392 e. The number of nitrogens with one attached hydrogen (secondary N) is 1. The first kappa shape index (κ1) is 21.0. The summed E-state index contributed by atoms with van der Waals surface area (Å²) < 4.78 is 0. The van der Waals surface area contributed by atoms with E-state index in [0.717, 1.165) is 24.1 Å². The van der Waals surface area contributed by atoms with Crippen molar-refractivity contribution in [2.45, 2.75) is 31.9 Å². The lowest BCUT2D eigenvalue weighted by molar-refractivity contribution is -0.131. The zero-order valence-corrected chi connectivity index (χ0v) is 17.0. The Morgan fingerprint density at radius 3 is 2.62 bits per heavy atom. The number of aliphatic hydroxyl groups excluding tert-OH is 1. The van der Waals surface area contributed by atoms with Crippen molar-refractivity contribution in [1.82, 2.24) is 9.80 Å². The van der Waals surface area contributed by atoms with Crippen LogP contribution in [-0.2, 0) is 16.0 Å². The van der Waals surface area contributed by atoms with Gasteiger partial charge >= 0.3 is 0 Å². The molecule has 3 rings (SSSR count). The van der Waals surface area contributed by atoms with Gasteiger partial charge in [0.25, 0.3) is 0 Å². The number of likely N-dealkylation sites (tertiary alicyclic amines) is 1. The van der Waals surface area contributed by atoms with E-state index in [1.54, 1.807) is 4.90 Å². The Kier molecular flexibility index (Phi) is 7.01. The summed E-state index contributed by atoms with van der Waals surface area (Å²) in [6, 6.07) is 17.3. The molecule has 0 spiro atoms. The number of hydrogen-bond donors (Lipinski definition) is 2. The smallest absolute Gasteiger partial charge is 0.227 e. The SMILES string of the molecule is CC(=O)Nc1cccc(CC(=O)N(C)[C@H](CN2CCC(O)C2)c2ccccc2)c1. The van der Waals surface area contributed by atoms with Crippen molar-refractivity contribution < 1.29 is 14.7 Å². The number of hydrogen-bond acceptors (Lipinski definition) is 4. The summed E-state index contributed by atoms with van der Waals surface area (Å²) in [5.41, 5.74) is 2.63. The Labute approximate surface area is 172 Å². The first-order valence-corrected chi connectivity index (χ1v) is 10.00. The second-order valence-corrected chi connectivity index (χ2v) is 7.69. The Hall–Kier alpha value is -2.70. The van der Waals surface area contributed by atoms with Gasteiger partial charge in [0.15, 0.2) is 0 Å². The lowest BCUT2D eigenvalue weighted by Gasteiger charge is -2.32. The molecule has 2 N–H and O–H groups in total. The highest BCUT2D eigenvalue weighted by Crippen LogP contribution is 2.24. The van der Waals surface area contributed by atoms with Crippen LogP contribution in [0.1, 0.15) is 30.5 Å². The highest BCUT2D eigenvalue weighted by molar-refractivity contribution is 5.89. The summed E-state index contributed by atoms with van der Waals surface area (Å²) in [6.07, 6.45) is 0.745. The highest BCUT2D eigenvalue weighted by atomic mass is 16.3. The second-order valence-electron chi connectivity index (χ2n) is 7.69. The predicted octanol–water partition coefficient (Wildman–Crippen LogP) is 2.45. The molecule has 0 bridgehead atoms. The molecule has 154 valence electrons. The van der Waals surface area contributed by atoms with E-state index < -0.39 is 0 Å². The second kappa shape index (κ2) is 9.67.